The fraction of sp³-hybridized carbons (Fsp3) is 0.167. The second kappa shape index (κ2) is 4.85. The van der Waals surface area contributed by atoms with E-state index in [0.29, 0.717) is 6.54 Å². The van der Waals surface area contributed by atoms with E-state index in [9.17, 15) is 4.39 Å². The van der Waals surface area contributed by atoms with E-state index >= 15 is 0 Å². The van der Waals surface area contributed by atoms with Gasteiger partial charge in [-0.15, -0.1) is 11.3 Å². The van der Waals surface area contributed by atoms with E-state index in [0.717, 1.165) is 5.69 Å². The number of thiophene rings is 1. The molecule has 1 aromatic heterocycles. The zero-order valence-electron chi connectivity index (χ0n) is 8.76. The number of hydrogen-bond donors (Lipinski definition) is 1. The number of nitrogens with one attached hydrogen (secondary N) is 1. The third kappa shape index (κ3) is 2.54. The number of rotatable bonds is 3. The lowest BCUT2D eigenvalue weighted by Crippen LogP contribution is -1.99. The molecule has 0 saturated heterocycles. The monoisotopic (exact) mass is 255 g/mol. The third-order valence-corrected chi connectivity index (χ3v) is 3.67. The van der Waals surface area contributed by atoms with Gasteiger partial charge < -0.3 is 5.32 Å². The van der Waals surface area contributed by atoms with E-state index in [4.69, 9.17) is 11.6 Å². The summed E-state index contributed by atoms with van der Waals surface area (Å²) in [6, 6.07) is 6.81. The van der Waals surface area contributed by atoms with Gasteiger partial charge in [0.2, 0.25) is 0 Å². The van der Waals surface area contributed by atoms with Gasteiger partial charge in [-0.2, -0.15) is 0 Å². The zero-order valence-corrected chi connectivity index (χ0v) is 10.3. The van der Waals surface area contributed by atoms with Gasteiger partial charge in [-0.3, -0.25) is 0 Å². The summed E-state index contributed by atoms with van der Waals surface area (Å²) < 4.78 is 13.2. The first-order valence-corrected chi connectivity index (χ1v) is 6.14. The molecule has 4 heteroatoms. The molecule has 1 nitrogen and oxygen atoms in total. The van der Waals surface area contributed by atoms with Crippen LogP contribution in [0, 0.1) is 12.7 Å². The minimum Gasteiger partial charge on any atom is -0.380 e. The summed E-state index contributed by atoms with van der Waals surface area (Å²) in [5.41, 5.74) is 2.00. The molecule has 0 spiro atoms. The quantitative estimate of drug-likeness (QED) is 0.854. The lowest BCUT2D eigenvalue weighted by molar-refractivity contribution is 0.628. The molecule has 0 amide bonds. The van der Waals surface area contributed by atoms with Crippen molar-refractivity contribution in [1.29, 1.82) is 0 Å². The second-order valence-electron chi connectivity index (χ2n) is 3.51. The zero-order chi connectivity index (χ0) is 11.5. The molecule has 2 aromatic rings. The van der Waals surface area contributed by atoms with Crippen molar-refractivity contribution in [3.05, 3.63) is 50.9 Å². The van der Waals surface area contributed by atoms with Crippen molar-refractivity contribution in [2.75, 3.05) is 5.32 Å². The van der Waals surface area contributed by atoms with Crippen molar-refractivity contribution < 1.29 is 4.39 Å². The fourth-order valence-electron chi connectivity index (χ4n) is 1.37. The highest BCUT2D eigenvalue weighted by atomic mass is 35.5. The predicted octanol–water partition coefficient (Wildman–Crippen LogP) is 4.46. The van der Waals surface area contributed by atoms with E-state index in [1.54, 1.807) is 23.5 Å². The molecule has 0 aliphatic heterocycles. The van der Waals surface area contributed by atoms with Crippen LogP contribution in [-0.2, 0) is 6.54 Å². The fourth-order valence-corrected chi connectivity index (χ4v) is 2.34. The van der Waals surface area contributed by atoms with Crippen LogP contribution in [0.15, 0.2) is 29.6 Å². The minimum absolute atomic E-state index is 0.151. The third-order valence-electron chi connectivity index (χ3n) is 2.34. The van der Waals surface area contributed by atoms with Gasteiger partial charge in [0.05, 0.1) is 5.02 Å². The van der Waals surface area contributed by atoms with Gasteiger partial charge in [-0.05, 0) is 42.1 Å². The van der Waals surface area contributed by atoms with Crippen molar-refractivity contribution in [2.24, 2.45) is 0 Å². The number of aryl methyl sites for hydroxylation is 1. The van der Waals surface area contributed by atoms with Gasteiger partial charge >= 0.3 is 0 Å². The molecule has 2 rings (SSSR count). The molecule has 1 heterocycles. The van der Waals surface area contributed by atoms with E-state index in [1.165, 1.54) is 16.5 Å². The summed E-state index contributed by atoms with van der Waals surface area (Å²) in [6.45, 7) is 2.78. The Balaban J connectivity index is 2.05. The van der Waals surface area contributed by atoms with Crippen LogP contribution in [0.4, 0.5) is 10.1 Å². The topological polar surface area (TPSA) is 12.0 Å². The van der Waals surface area contributed by atoms with E-state index in [1.807, 2.05) is 0 Å². The van der Waals surface area contributed by atoms with Gasteiger partial charge in [-0.1, -0.05) is 11.6 Å². The van der Waals surface area contributed by atoms with Crippen molar-refractivity contribution in [3.8, 4) is 0 Å². The predicted molar refractivity (Wildman–Crippen MR) is 67.8 cm³/mol. The van der Waals surface area contributed by atoms with Gasteiger partial charge in [-0.25, -0.2) is 4.39 Å². The maximum absolute atomic E-state index is 13.2. The highest BCUT2D eigenvalue weighted by Crippen LogP contribution is 2.21. The first kappa shape index (κ1) is 11.4. The largest absolute Gasteiger partial charge is 0.380 e. The smallest absolute Gasteiger partial charge is 0.143 e. The summed E-state index contributed by atoms with van der Waals surface area (Å²) in [7, 11) is 0. The van der Waals surface area contributed by atoms with Gasteiger partial charge in [0.15, 0.2) is 0 Å². The van der Waals surface area contributed by atoms with Crippen molar-refractivity contribution in [2.45, 2.75) is 13.5 Å². The van der Waals surface area contributed by atoms with Crippen LogP contribution in [0.25, 0.3) is 0 Å². The minimum atomic E-state index is -0.394. The van der Waals surface area contributed by atoms with Gasteiger partial charge in [0.25, 0.3) is 0 Å². The molecule has 0 bridgehead atoms. The first-order valence-electron chi connectivity index (χ1n) is 4.88. The number of anilines is 1. The average Bonchev–Trinajstić information content (AvgIpc) is 2.66. The summed E-state index contributed by atoms with van der Waals surface area (Å²) >= 11 is 7.30. The van der Waals surface area contributed by atoms with Crippen LogP contribution in [0.5, 0.6) is 0 Å². The molecular weight excluding hydrogens is 245 g/mol. The molecule has 84 valence electrons. The Labute approximate surface area is 103 Å². The summed E-state index contributed by atoms with van der Waals surface area (Å²) in [5, 5.41) is 5.37. The summed E-state index contributed by atoms with van der Waals surface area (Å²) in [6.07, 6.45) is 0. The lowest BCUT2D eigenvalue weighted by Gasteiger charge is -2.06. The van der Waals surface area contributed by atoms with Crippen molar-refractivity contribution in [1.82, 2.24) is 0 Å². The van der Waals surface area contributed by atoms with E-state index in [2.05, 4.69) is 23.7 Å². The number of hydrogen-bond acceptors (Lipinski definition) is 2. The van der Waals surface area contributed by atoms with Crippen molar-refractivity contribution in [3.63, 3.8) is 0 Å². The second-order valence-corrected chi connectivity index (χ2v) is 4.92. The molecule has 0 fully saturated rings. The van der Waals surface area contributed by atoms with E-state index in [-0.39, 0.29) is 5.02 Å². The Bertz CT molecular complexity index is 496. The Morgan fingerprint density at radius 2 is 2.19 bits per heavy atom. The van der Waals surface area contributed by atoms with Gasteiger partial charge in [0, 0.05) is 17.1 Å². The van der Waals surface area contributed by atoms with E-state index < -0.39 is 5.82 Å². The standard InChI is InChI=1S/C12H11ClFNS/c1-8-4-5-16-12(8)7-15-9-2-3-10(13)11(14)6-9/h2-6,15H,7H2,1H3. The van der Waals surface area contributed by atoms with Crippen LogP contribution < -0.4 is 5.32 Å². The van der Waals surface area contributed by atoms with Gasteiger partial charge in [0.1, 0.15) is 5.82 Å². The number of halogens is 2. The maximum Gasteiger partial charge on any atom is 0.143 e. The molecule has 0 atom stereocenters. The lowest BCUT2D eigenvalue weighted by atomic mass is 10.2. The average molecular weight is 256 g/mol. The van der Waals surface area contributed by atoms with Crippen LogP contribution in [0.1, 0.15) is 10.4 Å². The normalized spacial score (nSPS) is 10.4. The summed E-state index contributed by atoms with van der Waals surface area (Å²) in [4.78, 5) is 1.26. The Hall–Kier alpha value is -1.06. The highest BCUT2D eigenvalue weighted by Gasteiger charge is 2.02. The number of benzene rings is 1. The SMILES string of the molecule is Cc1ccsc1CNc1ccc(Cl)c(F)c1. The van der Waals surface area contributed by atoms with Crippen LogP contribution in [0.3, 0.4) is 0 Å². The van der Waals surface area contributed by atoms with Crippen LogP contribution >= 0.6 is 22.9 Å². The Morgan fingerprint density at radius 1 is 1.38 bits per heavy atom. The molecule has 0 unspecified atom stereocenters. The highest BCUT2D eigenvalue weighted by molar-refractivity contribution is 7.10. The first-order chi connectivity index (χ1) is 7.66. The Kier molecular flexibility index (Phi) is 3.46. The molecule has 0 aliphatic rings. The molecular formula is C12H11ClFNS. The molecule has 0 aliphatic carbocycles. The maximum atomic E-state index is 13.2. The molecule has 16 heavy (non-hydrogen) atoms. The van der Waals surface area contributed by atoms with Crippen LogP contribution in [-0.4, -0.2) is 0 Å². The Morgan fingerprint density at radius 3 is 2.81 bits per heavy atom. The van der Waals surface area contributed by atoms with Crippen molar-refractivity contribution >= 4 is 28.6 Å². The molecule has 0 saturated carbocycles. The molecule has 0 radical (unpaired) electrons. The molecule has 1 aromatic carbocycles. The summed E-state index contributed by atoms with van der Waals surface area (Å²) in [5.74, 6) is -0.394. The molecule has 1 N–H and O–H groups in total. The van der Waals surface area contributed by atoms with Crippen LogP contribution in [0.2, 0.25) is 5.02 Å².